The minimum atomic E-state index is -0.0707. The summed E-state index contributed by atoms with van der Waals surface area (Å²) in [6, 6.07) is 15.6. The quantitative estimate of drug-likeness (QED) is 0.703. The summed E-state index contributed by atoms with van der Waals surface area (Å²) in [5.74, 6) is -0.0707. The molecule has 4 nitrogen and oxygen atoms in total. The predicted molar refractivity (Wildman–Crippen MR) is 92.5 cm³/mol. The van der Waals surface area contributed by atoms with E-state index in [-0.39, 0.29) is 20.9 Å². The molecule has 0 spiro atoms. The summed E-state index contributed by atoms with van der Waals surface area (Å²) >= 11 is 0.0671. The number of carbonyl (C=O) groups is 1. The van der Waals surface area contributed by atoms with Gasteiger partial charge in [0.1, 0.15) is 0 Å². The molecule has 1 amide bonds. The van der Waals surface area contributed by atoms with Crippen molar-refractivity contribution < 1.29 is 4.79 Å². The van der Waals surface area contributed by atoms with Gasteiger partial charge in [0.25, 0.3) is 0 Å². The van der Waals surface area contributed by atoms with E-state index < -0.39 is 0 Å². The molecule has 0 radical (unpaired) electrons. The van der Waals surface area contributed by atoms with Gasteiger partial charge >= 0.3 is 141 Å². The third-order valence-electron chi connectivity index (χ3n) is 3.66. The van der Waals surface area contributed by atoms with Gasteiger partial charge < -0.3 is 0 Å². The van der Waals surface area contributed by atoms with E-state index in [0.29, 0.717) is 11.1 Å². The summed E-state index contributed by atoms with van der Waals surface area (Å²) in [5, 5.41) is 12.6. The van der Waals surface area contributed by atoms with Crippen molar-refractivity contribution in [2.24, 2.45) is 7.05 Å². The van der Waals surface area contributed by atoms with E-state index in [2.05, 4.69) is 22.1 Å². The molecule has 5 heteroatoms. The van der Waals surface area contributed by atoms with Gasteiger partial charge in [0.15, 0.2) is 0 Å². The number of rotatable bonds is 3. The molecular formula is C18H15N3OSe. The molecule has 23 heavy (non-hydrogen) atoms. The van der Waals surface area contributed by atoms with Crippen molar-refractivity contribution in [3.63, 3.8) is 0 Å². The van der Waals surface area contributed by atoms with Gasteiger partial charge in [-0.15, -0.1) is 0 Å². The van der Waals surface area contributed by atoms with Crippen LogP contribution in [0.2, 0.25) is 0 Å². The molecular weight excluding hydrogens is 353 g/mol. The van der Waals surface area contributed by atoms with Crippen molar-refractivity contribution in [1.82, 2.24) is 9.88 Å². The first-order valence-electron chi connectivity index (χ1n) is 7.12. The summed E-state index contributed by atoms with van der Waals surface area (Å²) in [4.78, 5) is 12.2. The zero-order chi connectivity index (χ0) is 16.4. The molecule has 0 aliphatic rings. The number of nitrogens with zero attached hydrogens (tertiary/aromatic N) is 2. The minimum absolute atomic E-state index is 0.0671. The molecule has 1 aromatic heterocycles. The molecule has 0 atom stereocenters. The SMILES string of the molecule is CNC(=O)c1cccc2c1c([Se]c1ccc(C#N)cc1)cn2C. The van der Waals surface area contributed by atoms with Crippen molar-refractivity contribution in [2.45, 2.75) is 0 Å². The number of amides is 1. The van der Waals surface area contributed by atoms with Crippen molar-refractivity contribution in [2.75, 3.05) is 7.05 Å². The van der Waals surface area contributed by atoms with Gasteiger partial charge in [-0.05, 0) is 0 Å². The third kappa shape index (κ3) is 2.87. The number of aryl methyl sites for hydroxylation is 1. The maximum atomic E-state index is 12.2. The fourth-order valence-corrected chi connectivity index (χ4v) is 4.74. The van der Waals surface area contributed by atoms with Crippen LogP contribution in [-0.4, -0.2) is 32.5 Å². The normalized spacial score (nSPS) is 10.5. The van der Waals surface area contributed by atoms with E-state index in [1.165, 1.54) is 8.92 Å². The number of hydrogen-bond donors (Lipinski definition) is 1. The van der Waals surface area contributed by atoms with Crippen LogP contribution in [0.1, 0.15) is 15.9 Å². The van der Waals surface area contributed by atoms with Crippen molar-refractivity contribution in [3.8, 4) is 6.07 Å². The van der Waals surface area contributed by atoms with E-state index in [1.54, 1.807) is 7.05 Å². The van der Waals surface area contributed by atoms with Crippen LogP contribution in [-0.2, 0) is 7.05 Å². The third-order valence-corrected chi connectivity index (χ3v) is 5.84. The Hall–Kier alpha value is -2.54. The van der Waals surface area contributed by atoms with Gasteiger partial charge in [0.05, 0.1) is 0 Å². The van der Waals surface area contributed by atoms with Gasteiger partial charge in [-0.1, -0.05) is 0 Å². The summed E-state index contributed by atoms with van der Waals surface area (Å²) < 4.78 is 4.40. The van der Waals surface area contributed by atoms with Crippen molar-refractivity contribution in [1.29, 1.82) is 5.26 Å². The Morgan fingerprint density at radius 1 is 1.22 bits per heavy atom. The van der Waals surface area contributed by atoms with Gasteiger partial charge in [0, 0.05) is 0 Å². The van der Waals surface area contributed by atoms with Crippen LogP contribution in [0.5, 0.6) is 0 Å². The number of aromatic nitrogens is 1. The molecule has 0 unspecified atom stereocenters. The predicted octanol–water partition coefficient (Wildman–Crippen LogP) is 1.06. The molecule has 114 valence electrons. The second-order valence-corrected chi connectivity index (χ2v) is 7.46. The number of fused-ring (bicyclic) bond motifs is 1. The Bertz CT molecular complexity index is 920. The van der Waals surface area contributed by atoms with Gasteiger partial charge in [-0.3, -0.25) is 0 Å². The van der Waals surface area contributed by atoms with Crippen LogP contribution in [0.25, 0.3) is 10.9 Å². The number of hydrogen-bond acceptors (Lipinski definition) is 2. The zero-order valence-electron chi connectivity index (χ0n) is 12.8. The average molecular weight is 368 g/mol. The van der Waals surface area contributed by atoms with E-state index >= 15 is 0 Å². The molecule has 0 fully saturated rings. The molecule has 0 aliphatic heterocycles. The van der Waals surface area contributed by atoms with Gasteiger partial charge in [-0.25, -0.2) is 0 Å². The Labute approximate surface area is 140 Å². The molecule has 0 saturated heterocycles. The van der Waals surface area contributed by atoms with Crippen molar-refractivity contribution in [3.05, 3.63) is 59.8 Å². The average Bonchev–Trinajstić information content (AvgIpc) is 2.91. The summed E-state index contributed by atoms with van der Waals surface area (Å²) in [6.45, 7) is 0. The Morgan fingerprint density at radius 3 is 2.61 bits per heavy atom. The van der Waals surface area contributed by atoms with Crippen LogP contribution in [0.15, 0.2) is 48.7 Å². The van der Waals surface area contributed by atoms with Crippen molar-refractivity contribution >= 4 is 40.7 Å². The zero-order valence-corrected chi connectivity index (χ0v) is 14.5. The first-order chi connectivity index (χ1) is 11.1. The van der Waals surface area contributed by atoms with Crippen LogP contribution in [0.4, 0.5) is 0 Å². The Kier molecular flexibility index (Phi) is 4.20. The summed E-state index contributed by atoms with van der Waals surface area (Å²) in [7, 11) is 3.64. The standard InChI is InChI=1S/C18H15N3OSe/c1-20-18(22)14-4-3-5-15-17(14)16(11-21(15)2)23-13-8-6-12(10-19)7-9-13/h3-9,11H,1-2H3,(H,20,22). The number of nitrogens with one attached hydrogen (secondary N) is 1. The second-order valence-electron chi connectivity index (χ2n) is 5.12. The first kappa shape index (κ1) is 15.4. The maximum absolute atomic E-state index is 12.2. The first-order valence-corrected chi connectivity index (χ1v) is 8.83. The molecule has 1 heterocycles. The van der Waals surface area contributed by atoms with Gasteiger partial charge in [-0.2, -0.15) is 0 Å². The molecule has 1 N–H and O–H groups in total. The molecule has 0 aliphatic carbocycles. The van der Waals surface area contributed by atoms with E-state index in [1.807, 2.05) is 49.5 Å². The van der Waals surface area contributed by atoms with E-state index in [9.17, 15) is 4.79 Å². The molecule has 0 saturated carbocycles. The monoisotopic (exact) mass is 369 g/mol. The second kappa shape index (κ2) is 6.29. The summed E-state index contributed by atoms with van der Waals surface area (Å²) in [6.07, 6.45) is 2.09. The fraction of sp³-hybridized carbons (Fsp3) is 0.111. The van der Waals surface area contributed by atoms with E-state index in [0.717, 1.165) is 10.9 Å². The summed E-state index contributed by atoms with van der Waals surface area (Å²) in [5.41, 5.74) is 2.42. The van der Waals surface area contributed by atoms with E-state index in [4.69, 9.17) is 5.26 Å². The fourth-order valence-electron chi connectivity index (χ4n) is 2.53. The topological polar surface area (TPSA) is 57.8 Å². The van der Waals surface area contributed by atoms with Crippen LogP contribution < -0.4 is 14.2 Å². The van der Waals surface area contributed by atoms with Crippen LogP contribution in [0, 0.1) is 11.3 Å². The molecule has 3 aromatic rings. The molecule has 0 bridgehead atoms. The number of nitriles is 1. The van der Waals surface area contributed by atoms with Crippen LogP contribution in [0.3, 0.4) is 0 Å². The Balaban J connectivity index is 2.09. The number of carbonyl (C=O) groups excluding carboxylic acids is 1. The Morgan fingerprint density at radius 2 is 1.96 bits per heavy atom. The van der Waals surface area contributed by atoms with Crippen LogP contribution >= 0.6 is 0 Å². The molecule has 3 rings (SSSR count). The number of benzene rings is 2. The molecule has 2 aromatic carbocycles. The van der Waals surface area contributed by atoms with Gasteiger partial charge in [0.2, 0.25) is 0 Å².